The van der Waals surface area contributed by atoms with E-state index in [1.165, 1.54) is 12.1 Å². The van der Waals surface area contributed by atoms with Crippen molar-refractivity contribution < 1.29 is 18.7 Å². The lowest BCUT2D eigenvalue weighted by molar-refractivity contribution is -0.110. The summed E-state index contributed by atoms with van der Waals surface area (Å²) >= 11 is 0. The lowest BCUT2D eigenvalue weighted by Crippen LogP contribution is -2.24. The van der Waals surface area contributed by atoms with Crippen LogP contribution in [0.5, 0.6) is 0 Å². The number of nitrogens with zero attached hydrogens (tertiary/aromatic N) is 2. The first-order chi connectivity index (χ1) is 14.1. The Morgan fingerprint density at radius 3 is 2.93 bits per heavy atom. The van der Waals surface area contributed by atoms with Gasteiger partial charge < -0.3 is 19.7 Å². The van der Waals surface area contributed by atoms with Gasteiger partial charge in [-0.3, -0.25) is 9.78 Å². The average molecular weight is 397 g/mol. The van der Waals surface area contributed by atoms with Gasteiger partial charge in [-0.15, -0.1) is 0 Å². The lowest BCUT2D eigenvalue weighted by atomic mass is 10.0. The molecule has 0 saturated heterocycles. The van der Waals surface area contributed by atoms with Gasteiger partial charge >= 0.3 is 0 Å². The summed E-state index contributed by atoms with van der Waals surface area (Å²) < 4.78 is 24.6. The molecule has 2 aliphatic rings. The maximum Gasteiger partial charge on any atom is 0.260 e. The monoisotopic (exact) mass is 397 g/mol. The highest BCUT2D eigenvalue weighted by molar-refractivity contribution is 6.36. The van der Waals surface area contributed by atoms with Crippen LogP contribution in [0.15, 0.2) is 30.3 Å². The molecule has 1 N–H and O–H groups in total. The molecule has 0 spiro atoms. The molecule has 29 heavy (non-hydrogen) atoms. The Morgan fingerprint density at radius 1 is 1.24 bits per heavy atom. The minimum absolute atomic E-state index is 0.281. The molecule has 0 atom stereocenters. The first-order valence-corrected chi connectivity index (χ1v) is 9.72. The Kier molecular flexibility index (Phi) is 5.60. The van der Waals surface area contributed by atoms with Crippen molar-refractivity contribution in [2.45, 2.75) is 19.4 Å². The summed E-state index contributed by atoms with van der Waals surface area (Å²) in [4.78, 5) is 19.4. The van der Waals surface area contributed by atoms with Crippen molar-refractivity contribution in [1.29, 1.82) is 0 Å². The number of methoxy groups -OCH3 is 1. The molecule has 2 aromatic rings. The van der Waals surface area contributed by atoms with Crippen LogP contribution in [-0.2, 0) is 27.3 Å². The summed E-state index contributed by atoms with van der Waals surface area (Å²) in [7, 11) is 3.78. The number of benzene rings is 1. The summed E-state index contributed by atoms with van der Waals surface area (Å²) in [6, 6.07) is 8.18. The van der Waals surface area contributed by atoms with Crippen LogP contribution in [0.4, 0.5) is 10.1 Å². The normalized spacial score (nSPS) is 17.3. The largest absolute Gasteiger partial charge is 0.486 e. The second-order valence-corrected chi connectivity index (χ2v) is 7.33. The van der Waals surface area contributed by atoms with E-state index in [1.54, 1.807) is 13.2 Å². The molecular weight excluding hydrogens is 373 g/mol. The standard InChI is InChI=1S/C22H24FN3O3/c1-26(10-11-28-2)9-3-4-15-6-7-16-19(24-15)13-29-21(16)20-17-12-14(23)5-8-18(17)25-22(20)27/h5-8,12H,3-4,9-11,13H2,1-2H3,(H,25,27)/b21-20+. The molecule has 0 unspecified atom stereocenters. The molecule has 0 radical (unpaired) electrons. The van der Waals surface area contributed by atoms with Crippen molar-refractivity contribution in [3.8, 4) is 0 Å². The van der Waals surface area contributed by atoms with E-state index in [0.717, 1.165) is 49.5 Å². The minimum Gasteiger partial charge on any atom is -0.486 e. The Bertz CT molecular complexity index is 974. The van der Waals surface area contributed by atoms with Crippen LogP contribution < -0.4 is 5.32 Å². The molecule has 7 heteroatoms. The highest BCUT2D eigenvalue weighted by Gasteiger charge is 2.33. The Hall–Kier alpha value is -2.77. The van der Waals surface area contributed by atoms with E-state index in [4.69, 9.17) is 14.5 Å². The van der Waals surface area contributed by atoms with Gasteiger partial charge in [-0.05, 0) is 56.8 Å². The predicted octanol–water partition coefficient (Wildman–Crippen LogP) is 3.08. The smallest absolute Gasteiger partial charge is 0.260 e. The molecule has 0 bridgehead atoms. The van der Waals surface area contributed by atoms with E-state index in [0.29, 0.717) is 29.2 Å². The van der Waals surface area contributed by atoms with Gasteiger partial charge in [0.2, 0.25) is 0 Å². The summed E-state index contributed by atoms with van der Waals surface area (Å²) in [6.07, 6.45) is 1.86. The van der Waals surface area contributed by atoms with E-state index >= 15 is 0 Å². The second kappa shape index (κ2) is 8.31. The predicted molar refractivity (Wildman–Crippen MR) is 109 cm³/mol. The van der Waals surface area contributed by atoms with Crippen LogP contribution >= 0.6 is 0 Å². The van der Waals surface area contributed by atoms with E-state index in [-0.39, 0.29) is 11.7 Å². The van der Waals surface area contributed by atoms with Gasteiger partial charge in [-0.1, -0.05) is 0 Å². The van der Waals surface area contributed by atoms with Gasteiger partial charge in [0, 0.05) is 36.2 Å². The number of fused-ring (bicyclic) bond motifs is 2. The number of carbonyl (C=O) groups is 1. The van der Waals surface area contributed by atoms with E-state index in [2.05, 4.69) is 17.3 Å². The molecule has 152 valence electrons. The van der Waals surface area contributed by atoms with E-state index < -0.39 is 0 Å². The maximum atomic E-state index is 13.7. The zero-order chi connectivity index (χ0) is 20.4. The number of hydrogen-bond donors (Lipinski definition) is 1. The Balaban J connectivity index is 1.52. The molecule has 0 fully saturated rings. The molecule has 1 aromatic carbocycles. The van der Waals surface area contributed by atoms with Crippen molar-refractivity contribution in [2.75, 3.05) is 39.2 Å². The maximum absolute atomic E-state index is 13.7. The third-order valence-electron chi connectivity index (χ3n) is 5.23. The zero-order valence-electron chi connectivity index (χ0n) is 16.6. The molecule has 4 rings (SSSR count). The molecule has 0 aliphatic carbocycles. The third kappa shape index (κ3) is 4.02. The highest BCUT2D eigenvalue weighted by Crippen LogP contribution is 2.41. The van der Waals surface area contributed by atoms with Crippen LogP contribution in [-0.4, -0.2) is 49.6 Å². The summed E-state index contributed by atoms with van der Waals surface area (Å²) in [5, 5.41) is 2.77. The van der Waals surface area contributed by atoms with Crippen LogP contribution in [0.1, 0.15) is 28.9 Å². The average Bonchev–Trinajstić information content (AvgIpc) is 3.25. The van der Waals surface area contributed by atoms with Gasteiger partial charge in [0.25, 0.3) is 5.91 Å². The van der Waals surface area contributed by atoms with Crippen molar-refractivity contribution in [3.05, 3.63) is 58.7 Å². The number of pyridine rings is 1. The van der Waals surface area contributed by atoms with Crippen LogP contribution in [0, 0.1) is 5.82 Å². The van der Waals surface area contributed by atoms with E-state index in [9.17, 15) is 9.18 Å². The SMILES string of the molecule is COCCN(C)CCCc1ccc2c(n1)CO/C2=C1/C(=O)Nc2ccc(F)cc21. The summed E-state index contributed by atoms with van der Waals surface area (Å²) in [6.45, 7) is 2.91. The number of amides is 1. The number of halogens is 1. The minimum atomic E-state index is -0.388. The van der Waals surface area contributed by atoms with Crippen LogP contribution in [0.25, 0.3) is 11.3 Å². The number of aromatic nitrogens is 1. The Morgan fingerprint density at radius 2 is 2.10 bits per heavy atom. The molecule has 3 heterocycles. The first-order valence-electron chi connectivity index (χ1n) is 9.72. The van der Waals surface area contributed by atoms with Gasteiger partial charge in [0.15, 0.2) is 0 Å². The molecule has 6 nitrogen and oxygen atoms in total. The van der Waals surface area contributed by atoms with Crippen molar-refractivity contribution >= 4 is 22.9 Å². The zero-order valence-corrected chi connectivity index (χ0v) is 16.6. The molecule has 1 amide bonds. The topological polar surface area (TPSA) is 63.7 Å². The van der Waals surface area contributed by atoms with Crippen molar-refractivity contribution in [3.63, 3.8) is 0 Å². The van der Waals surface area contributed by atoms with E-state index in [1.807, 2.05) is 12.1 Å². The van der Waals surface area contributed by atoms with Crippen LogP contribution in [0.2, 0.25) is 0 Å². The lowest BCUT2D eigenvalue weighted by Gasteiger charge is -2.15. The van der Waals surface area contributed by atoms with Gasteiger partial charge in [-0.25, -0.2) is 4.39 Å². The fraction of sp³-hybridized carbons (Fsp3) is 0.364. The highest BCUT2D eigenvalue weighted by atomic mass is 19.1. The quantitative estimate of drug-likeness (QED) is 0.728. The molecule has 0 saturated carbocycles. The fourth-order valence-corrected chi connectivity index (χ4v) is 3.68. The number of ether oxygens (including phenoxy) is 2. The number of anilines is 1. The number of nitrogens with one attached hydrogen (secondary N) is 1. The summed E-state index contributed by atoms with van der Waals surface area (Å²) in [5.74, 6) is -0.197. The first kappa shape index (κ1) is 19.5. The molecule has 2 aliphatic heterocycles. The number of rotatable bonds is 7. The Labute approximate surface area is 169 Å². The molecular formula is C22H24FN3O3. The summed E-state index contributed by atoms with van der Waals surface area (Å²) in [5.41, 5.74) is 4.11. The number of carbonyl (C=O) groups excluding carboxylic acids is 1. The third-order valence-corrected chi connectivity index (χ3v) is 5.23. The van der Waals surface area contributed by atoms with Gasteiger partial charge in [0.1, 0.15) is 18.2 Å². The molecule has 1 aromatic heterocycles. The van der Waals surface area contributed by atoms with Crippen molar-refractivity contribution in [1.82, 2.24) is 9.88 Å². The number of aryl methyl sites for hydroxylation is 1. The van der Waals surface area contributed by atoms with Gasteiger partial charge in [-0.2, -0.15) is 0 Å². The fourth-order valence-electron chi connectivity index (χ4n) is 3.68. The second-order valence-electron chi connectivity index (χ2n) is 7.33. The van der Waals surface area contributed by atoms with Crippen molar-refractivity contribution in [2.24, 2.45) is 0 Å². The number of likely N-dealkylation sites (N-methyl/N-ethyl adjacent to an activating group) is 1. The van der Waals surface area contributed by atoms with Gasteiger partial charge in [0.05, 0.1) is 17.9 Å². The van der Waals surface area contributed by atoms with Crippen LogP contribution in [0.3, 0.4) is 0 Å². The number of hydrogen-bond acceptors (Lipinski definition) is 5.